The van der Waals surface area contributed by atoms with Crippen LogP contribution in [-0.2, 0) is 48.7 Å². The first-order chi connectivity index (χ1) is 31.1. The molecule has 22 heteroatoms. The van der Waals surface area contributed by atoms with Crippen LogP contribution >= 0.6 is 7.82 Å². The Morgan fingerprint density at radius 1 is 0.925 bits per heavy atom. The number of phosphoric ester groups is 1. The summed E-state index contributed by atoms with van der Waals surface area (Å²) in [6.07, 6.45) is -6.53. The van der Waals surface area contributed by atoms with Crippen LogP contribution < -0.4 is 55.1 Å². The number of methoxy groups -OCH3 is 2. The zero-order valence-corrected chi connectivity index (χ0v) is 40.9. The number of β-amino-alcohol motifs (C(OH)–C–C–N with tert-alkyl or cyclic N) is 1. The summed E-state index contributed by atoms with van der Waals surface area (Å²) in [6.45, 7) is 4.27. The second-order valence-electron chi connectivity index (χ2n) is 17.5. The Kier molecular flexibility index (Phi) is 15.6. The molecular weight excluding hydrogens is 906 g/mol. The molecule has 0 aliphatic carbocycles. The molecule has 3 aliphatic rings. The molecule has 2 unspecified atom stereocenters. The number of aromatic nitrogens is 2. The van der Waals surface area contributed by atoms with Gasteiger partial charge in [-0.15, -0.1) is 0 Å². The second-order valence-corrected chi connectivity index (χ2v) is 18.9. The fourth-order valence-corrected chi connectivity index (χ4v) is 9.35. The van der Waals surface area contributed by atoms with Gasteiger partial charge in [-0.25, -0.2) is 19.1 Å². The van der Waals surface area contributed by atoms with E-state index in [1.165, 1.54) is 21.1 Å². The van der Waals surface area contributed by atoms with Crippen LogP contribution in [0.15, 0.2) is 95.9 Å². The van der Waals surface area contributed by atoms with Gasteiger partial charge < -0.3 is 43.9 Å². The molecule has 354 valence electrons. The Morgan fingerprint density at radius 3 is 2.06 bits per heavy atom. The van der Waals surface area contributed by atoms with Gasteiger partial charge in [0.25, 0.3) is 5.91 Å². The van der Waals surface area contributed by atoms with E-state index in [2.05, 4.69) is 4.98 Å². The number of nitrogens with one attached hydrogen (secondary N) is 1. The number of hydrogen-bond donors (Lipinski definition) is 4. The fourth-order valence-electron chi connectivity index (χ4n) is 8.40. The van der Waals surface area contributed by atoms with Crippen molar-refractivity contribution in [3.05, 3.63) is 118 Å². The molecule has 8 atom stereocenters. The van der Waals surface area contributed by atoms with Gasteiger partial charge in [-0.2, -0.15) is 0 Å². The molecule has 1 aromatic heterocycles. The predicted molar refractivity (Wildman–Crippen MR) is 229 cm³/mol. The summed E-state index contributed by atoms with van der Waals surface area (Å²) in [6, 6.07) is 23.5. The summed E-state index contributed by atoms with van der Waals surface area (Å²) in [5, 5.41) is 35.6. The van der Waals surface area contributed by atoms with Crippen LogP contribution in [0.1, 0.15) is 57.2 Å². The Labute approximate surface area is 408 Å². The zero-order valence-electron chi connectivity index (χ0n) is 38.0. The minimum atomic E-state index is -5.24. The quantitative estimate of drug-likeness (QED) is 0.0637. The number of imide groups is 1. The molecule has 3 saturated heterocycles. The van der Waals surface area contributed by atoms with Gasteiger partial charge >= 0.3 is 49.1 Å². The average Bonchev–Trinajstić information content (AvgIpc) is 3.83. The number of carbonyl (C=O) groups excluding carboxylic acids is 3. The molecule has 4 aromatic rings. The molecule has 0 saturated carbocycles. The number of carbonyl (C=O) groups is 3. The Bertz CT molecular complexity index is 2480. The Hall–Kier alpha value is -4.54. The van der Waals surface area contributed by atoms with Gasteiger partial charge in [0.2, 0.25) is 5.72 Å². The monoisotopic (exact) mass is 958 g/mol. The molecule has 20 nitrogen and oxygen atoms in total. The number of aliphatic hydroxyl groups is 2. The van der Waals surface area contributed by atoms with E-state index >= 15 is 0 Å². The van der Waals surface area contributed by atoms with Crippen molar-refractivity contribution in [1.29, 1.82) is 0 Å². The number of phosphoric acid groups is 1. The van der Waals surface area contributed by atoms with Gasteiger partial charge in [-0.1, -0.05) is 75.4 Å². The van der Waals surface area contributed by atoms with Gasteiger partial charge in [0.05, 0.1) is 40.1 Å². The van der Waals surface area contributed by atoms with Gasteiger partial charge in [0, 0.05) is 24.5 Å². The molecule has 67 heavy (non-hydrogen) atoms. The molecule has 3 aromatic carbocycles. The van der Waals surface area contributed by atoms with E-state index in [1.807, 2.05) is 59.9 Å². The molecule has 0 bridgehead atoms. The Morgan fingerprint density at radius 2 is 1.51 bits per heavy atom. The van der Waals surface area contributed by atoms with Crippen molar-refractivity contribution < 1.29 is 101 Å². The molecular formula is C45H52N4NaO16P. The van der Waals surface area contributed by atoms with Crippen molar-refractivity contribution in [1.82, 2.24) is 19.8 Å². The normalized spacial score (nSPS) is 26.3. The summed E-state index contributed by atoms with van der Waals surface area (Å²) in [4.78, 5) is 68.8. The summed E-state index contributed by atoms with van der Waals surface area (Å²) in [5.74, 6) is -1.34. The molecule has 4 N–H and O–H groups in total. The number of Topliss-reactive ketones (excluding diaryl/α,β-unsaturated/α-hetero) is 1. The van der Waals surface area contributed by atoms with Crippen molar-refractivity contribution in [3.8, 4) is 17.4 Å². The van der Waals surface area contributed by atoms with Gasteiger partial charge in [0.1, 0.15) is 41.6 Å². The number of aliphatic hydroxyl groups excluding tert-OH is 1. The number of benzene rings is 3. The van der Waals surface area contributed by atoms with Crippen molar-refractivity contribution in [2.24, 2.45) is 5.41 Å². The van der Waals surface area contributed by atoms with E-state index < -0.39 is 116 Å². The molecule has 4 heterocycles. The summed E-state index contributed by atoms with van der Waals surface area (Å²) >= 11 is 0. The Balaban J connectivity index is 0.00000741. The number of rotatable bonds is 16. The third kappa shape index (κ3) is 10.7. The largest absolute Gasteiger partial charge is 1.00 e. The number of ketones is 1. The van der Waals surface area contributed by atoms with Crippen LogP contribution in [0.25, 0.3) is 0 Å². The van der Waals surface area contributed by atoms with Crippen LogP contribution in [0.5, 0.6) is 17.4 Å². The molecule has 3 amide bonds. The van der Waals surface area contributed by atoms with Gasteiger partial charge in [-0.3, -0.25) is 33.4 Å². The third-order valence-corrected chi connectivity index (χ3v) is 12.8. The molecule has 7 rings (SSSR count). The number of amides is 3. The minimum Gasteiger partial charge on any atom is -0.858 e. The summed E-state index contributed by atoms with van der Waals surface area (Å²) in [7, 11) is -2.18. The number of ether oxygens (including phenoxy) is 5. The van der Waals surface area contributed by atoms with Crippen LogP contribution in [0.2, 0.25) is 0 Å². The zero-order chi connectivity index (χ0) is 47.8. The van der Waals surface area contributed by atoms with E-state index in [0.29, 0.717) is 28.2 Å². The number of hydrogen-bond acceptors (Lipinski definition) is 16. The molecule has 3 fully saturated rings. The molecule has 3 aliphatic heterocycles. The number of urea groups is 1. The van der Waals surface area contributed by atoms with Crippen LogP contribution in [-0.4, -0.2) is 118 Å². The second kappa shape index (κ2) is 20.2. The van der Waals surface area contributed by atoms with E-state index in [9.17, 15) is 44.0 Å². The fraction of sp³-hybridized carbons (Fsp3) is 0.444. The maximum Gasteiger partial charge on any atom is 1.00 e. The maximum absolute atomic E-state index is 14.7. The van der Waals surface area contributed by atoms with E-state index in [-0.39, 0.29) is 36.0 Å². The minimum absolute atomic E-state index is 0. The number of nitrogens with zero attached hydrogens (tertiary/aromatic N) is 3. The van der Waals surface area contributed by atoms with Crippen molar-refractivity contribution in [2.45, 2.75) is 88.1 Å². The first kappa shape index (κ1) is 51.8. The van der Waals surface area contributed by atoms with Crippen molar-refractivity contribution in [3.63, 3.8) is 0 Å². The van der Waals surface area contributed by atoms with Crippen LogP contribution in [0.3, 0.4) is 0 Å². The van der Waals surface area contributed by atoms with E-state index in [0.717, 1.165) is 21.7 Å². The SMILES string of the molecule is COc1ccc(C(OC[C@H]2O[C@@](C(=O)C(C)(C)C)(n3ccc([O-])nc3=O)C[C@@H]2OP(=O)(O)OC[C@H]2O[C@@H](N3CC(C)(O)C(=O)NC3=O)C[C@@H]2O)(c2ccccc2)c2ccc(OC)cc2)cc1.[Na+]. The van der Waals surface area contributed by atoms with E-state index in [4.69, 9.17) is 32.7 Å². The first-order valence-corrected chi connectivity index (χ1v) is 22.4. The predicted octanol–water partition coefficient (Wildman–Crippen LogP) is -0.315. The maximum atomic E-state index is 14.7. The summed E-state index contributed by atoms with van der Waals surface area (Å²) < 4.78 is 56.6. The standard InChI is InChI=1S/C45H53N4O16P.Na/c1-42(2,3)38(52)44(49-21-20-36(51)46-41(49)55)23-33(65-66(57,58)62-25-34-32(50)22-37(63-34)48-26-43(4,56)39(53)47-40(48)54)35(64-44)24-61-45(27-10-8-7-9-11-27,28-12-16-30(59-5)17-13-28)29-14-18-31(60-6)19-15-29;/h7-21,32-35,37,50,56H,22-26H2,1-6H3,(H,57,58)(H,46,51,55)(H,47,53,54);/q;+1/p-1/t32-,33-,34+,35+,37+,43?,44-;/m0./s1. The van der Waals surface area contributed by atoms with E-state index in [1.54, 1.807) is 45.0 Å². The smallest absolute Gasteiger partial charge is 0.858 e. The van der Waals surface area contributed by atoms with Crippen molar-refractivity contribution in [2.75, 3.05) is 34.0 Å². The third-order valence-electron chi connectivity index (χ3n) is 11.8. The van der Waals surface area contributed by atoms with Crippen LogP contribution in [0, 0.1) is 5.41 Å². The average molecular weight is 959 g/mol. The molecule has 0 spiro atoms. The molecule has 0 radical (unpaired) electrons. The van der Waals surface area contributed by atoms with Gasteiger partial charge in [-0.05, 0) is 59.8 Å². The van der Waals surface area contributed by atoms with Crippen molar-refractivity contribution >= 4 is 25.5 Å². The van der Waals surface area contributed by atoms with Gasteiger partial charge in [0.15, 0.2) is 11.4 Å². The topological polar surface area (TPSA) is 267 Å². The summed E-state index contributed by atoms with van der Waals surface area (Å²) in [5.41, 5.74) is -6.20. The first-order valence-electron chi connectivity index (χ1n) is 20.9. The van der Waals surface area contributed by atoms with Crippen LogP contribution in [0.4, 0.5) is 4.79 Å².